The highest BCUT2D eigenvalue weighted by atomic mass is 16.1. The maximum Gasteiger partial charge on any atom is 0.224 e. The number of nitrogens with two attached hydrogens (primary N) is 1. The molecule has 692 valence electrons. The first-order chi connectivity index (χ1) is 67.0. The van der Waals surface area contributed by atoms with Crippen LogP contribution >= 0.6 is 0 Å². The molecule has 20 heterocycles. The predicted molar refractivity (Wildman–Crippen MR) is 543 cm³/mol. The van der Waals surface area contributed by atoms with Crippen LogP contribution in [0.2, 0.25) is 0 Å². The van der Waals surface area contributed by atoms with Gasteiger partial charge in [-0.3, -0.25) is 65.1 Å². The number of nitrogens with zero attached hydrogens (tertiary/aromatic N) is 25. The van der Waals surface area contributed by atoms with Crippen molar-refractivity contribution in [2.75, 3.05) is 189 Å². The van der Waals surface area contributed by atoms with E-state index >= 15 is 0 Å². The third-order valence-corrected chi connectivity index (χ3v) is 26.1. The molecule has 20 aromatic rings. The van der Waals surface area contributed by atoms with Crippen molar-refractivity contribution in [2.45, 2.75) is 26.8 Å². The van der Waals surface area contributed by atoms with Crippen LogP contribution in [0, 0.1) is 0 Å². The third-order valence-electron chi connectivity index (χ3n) is 26.1. The zero-order valence-corrected chi connectivity index (χ0v) is 77.6. The zero-order chi connectivity index (χ0) is 93.3. The highest BCUT2D eigenvalue weighted by Gasteiger charge is 2.28. The first-order valence-electron chi connectivity index (χ1n) is 46.3. The van der Waals surface area contributed by atoms with E-state index in [1.54, 1.807) is 18.6 Å². The standard InChI is InChI=1S/C26H27N9O.C26H29N9.C25H27N9.C23H23N9/c1-3-23(36)29-18-10-17(12-27-13-18)16-4-5-20-19(11-16)24(33-32-20)26-30-21-14-28-15-22(25(21)31-26)35-8-6-34(2)7-9-35;1-3-27-12-17-10-19(14-28-13-17)18-4-5-21-20(11-18)24(33-32-21)26-30-22-15-29-16-23(25(22)31-26)35-8-6-34(2)7-9-35;1-32(2)18-10-17(12-26-13-18)16-4-5-20-19(11-16)23(31-30-20)25-28-21-14-27-15-22(24(21)29-25)34-8-6-33(3)7-9-34;1-31-4-6-32(7-5-31)20-13-26-12-19-22(20)28-23(27-19)21-17-9-14(2-3-18(17)29-30-21)15-8-16(24)11-25-10-15/h4-5,10-15H,3,6-9H2,1-2H3,(H,29,36)(H,30,31)(H,32,33);4-5,10-11,13-16,27H,3,6-9,12H2,1-2H3,(H,30,31)(H,32,33);4-5,10-15H,6-9H2,1-3H3,(H,28,29)(H,30,31);2-3,8-13H,4-7,24H2,1H3,(H,27,28)(H,29,30). The molecular formula is C100H106N36O. The van der Waals surface area contributed by atoms with Gasteiger partial charge in [-0.2, -0.15) is 20.4 Å². The number of fused-ring (bicyclic) bond motifs is 8. The number of rotatable bonds is 18. The summed E-state index contributed by atoms with van der Waals surface area (Å²) in [5, 5.41) is 41.2. The fourth-order valence-electron chi connectivity index (χ4n) is 18.1. The summed E-state index contributed by atoms with van der Waals surface area (Å²) in [6.45, 7) is 21.5. The number of aromatic amines is 8. The summed E-state index contributed by atoms with van der Waals surface area (Å²) in [7, 11) is 12.7. The second kappa shape index (κ2) is 38.1. The minimum absolute atomic E-state index is 0.0446. The summed E-state index contributed by atoms with van der Waals surface area (Å²) < 4.78 is 0. The molecule has 1 amide bonds. The van der Waals surface area contributed by atoms with Gasteiger partial charge in [-0.1, -0.05) is 38.1 Å². The number of nitrogen functional groups attached to an aromatic ring is 1. The van der Waals surface area contributed by atoms with E-state index in [0.717, 1.165) is 324 Å². The van der Waals surface area contributed by atoms with Gasteiger partial charge in [0.1, 0.15) is 44.8 Å². The van der Waals surface area contributed by atoms with Gasteiger partial charge in [0.25, 0.3) is 0 Å². The van der Waals surface area contributed by atoms with Crippen molar-refractivity contribution in [3.05, 3.63) is 202 Å². The summed E-state index contributed by atoms with van der Waals surface area (Å²) in [6, 6.07) is 33.0. The fraction of sp³-hybridized carbons (Fsp3) is 0.270. The van der Waals surface area contributed by atoms with Gasteiger partial charge >= 0.3 is 0 Å². The molecule has 4 aromatic carbocycles. The molecule has 4 aliphatic heterocycles. The Morgan fingerprint density at radius 3 is 0.993 bits per heavy atom. The molecule has 0 atom stereocenters. The van der Waals surface area contributed by atoms with Crippen LogP contribution in [-0.2, 0) is 11.3 Å². The Hall–Kier alpha value is -16.1. The van der Waals surface area contributed by atoms with Crippen LogP contribution < -0.4 is 40.9 Å². The van der Waals surface area contributed by atoms with E-state index in [1.165, 1.54) is 0 Å². The van der Waals surface area contributed by atoms with Gasteiger partial charge in [0, 0.05) is 213 Å². The number of carbonyl (C=O) groups excluding carboxylic acids is 1. The van der Waals surface area contributed by atoms with Crippen LogP contribution in [0.5, 0.6) is 0 Å². The number of carbonyl (C=O) groups is 1. The van der Waals surface area contributed by atoms with E-state index in [2.05, 4.69) is 251 Å². The van der Waals surface area contributed by atoms with Gasteiger partial charge in [0.2, 0.25) is 5.91 Å². The molecule has 12 N–H and O–H groups in total. The van der Waals surface area contributed by atoms with Crippen LogP contribution in [0.1, 0.15) is 25.8 Å². The summed E-state index contributed by atoms with van der Waals surface area (Å²) in [5.74, 6) is 2.85. The van der Waals surface area contributed by atoms with Crippen LogP contribution in [0.3, 0.4) is 0 Å². The minimum atomic E-state index is -0.0446. The molecular weight excluding hydrogens is 1720 g/mol. The molecule has 24 rings (SSSR count). The number of imidazole rings is 4. The van der Waals surface area contributed by atoms with E-state index in [4.69, 9.17) is 25.7 Å². The third kappa shape index (κ3) is 18.3. The maximum absolute atomic E-state index is 11.8. The lowest BCUT2D eigenvalue weighted by Crippen LogP contribution is -2.44. The molecule has 0 radical (unpaired) electrons. The Kier molecular flexibility index (Phi) is 24.4. The molecule has 0 spiro atoms. The van der Waals surface area contributed by atoms with E-state index < -0.39 is 0 Å². The number of pyridine rings is 8. The Morgan fingerprint density at radius 1 is 0.343 bits per heavy atom. The van der Waals surface area contributed by atoms with Crippen molar-refractivity contribution >= 4 is 133 Å². The molecule has 4 fully saturated rings. The van der Waals surface area contributed by atoms with Gasteiger partial charge in [-0.05, 0) is 135 Å². The lowest BCUT2D eigenvalue weighted by molar-refractivity contribution is -0.115. The van der Waals surface area contributed by atoms with Gasteiger partial charge in [-0.15, -0.1) is 0 Å². The molecule has 4 aliphatic rings. The van der Waals surface area contributed by atoms with E-state index in [-0.39, 0.29) is 5.91 Å². The Bertz CT molecular complexity index is 7750. The second-order valence-corrected chi connectivity index (χ2v) is 35.6. The topological polar surface area (TPSA) is 429 Å². The Balaban J connectivity index is 0.000000109. The number of hydrogen-bond acceptors (Lipinski definition) is 28. The molecule has 37 heteroatoms. The molecule has 0 unspecified atom stereocenters. The molecule has 0 saturated carbocycles. The lowest BCUT2D eigenvalue weighted by Gasteiger charge is -2.33. The number of piperazine rings is 4. The average molecular weight is 1830 g/mol. The van der Waals surface area contributed by atoms with Gasteiger partial charge < -0.3 is 80.4 Å². The second-order valence-electron chi connectivity index (χ2n) is 35.6. The fourth-order valence-corrected chi connectivity index (χ4v) is 18.1. The number of likely N-dealkylation sites (N-methyl/N-ethyl adjacent to an activating group) is 4. The summed E-state index contributed by atoms with van der Waals surface area (Å²) in [6.07, 6.45) is 29.9. The van der Waals surface area contributed by atoms with E-state index in [0.29, 0.717) is 23.6 Å². The van der Waals surface area contributed by atoms with Crippen molar-refractivity contribution in [3.63, 3.8) is 0 Å². The molecule has 16 aromatic heterocycles. The SMILES string of the molecule is CCC(=O)Nc1cncc(-c2ccc3[nH]nc(-c4nc5c(N6CCN(C)CC6)cncc5[nH]4)c3c2)c1.CCNCc1cncc(-c2ccc3[nH]nc(-c4nc5c(N6CCN(C)CC6)cncc5[nH]4)c3c2)c1.CN1CCN(c2cncc3[nH]c(-c4n[nH]c5ccc(-c6cncc(N(C)C)c6)cc45)nc23)CC1.CN1CCN(c2cncc3[nH]c(-c4n[nH]c5ccc(-c6cncc(N)c6)cc45)nc23)CC1. The largest absolute Gasteiger partial charge is 0.397 e. The first kappa shape index (κ1) is 87.6. The Labute approximate surface area is 787 Å². The smallest absolute Gasteiger partial charge is 0.224 e. The number of hydrogen-bond donors (Lipinski definition) is 11. The van der Waals surface area contributed by atoms with Crippen molar-refractivity contribution in [2.24, 2.45) is 0 Å². The van der Waals surface area contributed by atoms with Gasteiger partial charge in [0.05, 0.1) is 146 Å². The average Bonchev–Trinajstić information content (AvgIpc) is 1.63. The van der Waals surface area contributed by atoms with E-state index in [1.807, 2.05) is 138 Å². The summed E-state index contributed by atoms with van der Waals surface area (Å²) in [5.41, 5.74) is 36.2. The normalized spacial score (nSPS) is 14.8. The van der Waals surface area contributed by atoms with Gasteiger partial charge in [0.15, 0.2) is 23.3 Å². The van der Waals surface area contributed by atoms with Crippen molar-refractivity contribution in [3.8, 4) is 90.6 Å². The van der Waals surface area contributed by atoms with Crippen LogP contribution in [0.25, 0.3) is 178 Å². The van der Waals surface area contributed by atoms with Crippen molar-refractivity contribution in [1.82, 2.24) is 145 Å². The zero-order valence-electron chi connectivity index (χ0n) is 77.6. The van der Waals surface area contributed by atoms with Crippen LogP contribution in [0.4, 0.5) is 39.8 Å². The number of nitrogens with one attached hydrogen (secondary N) is 10. The number of anilines is 7. The monoisotopic (exact) mass is 1830 g/mol. The lowest BCUT2D eigenvalue weighted by atomic mass is 10.0. The number of benzene rings is 4. The highest BCUT2D eigenvalue weighted by Crippen LogP contribution is 2.40. The molecule has 4 saturated heterocycles. The van der Waals surface area contributed by atoms with Crippen LogP contribution in [-0.4, -0.2) is 300 Å². The van der Waals surface area contributed by atoms with Crippen LogP contribution in [0.15, 0.2) is 196 Å². The summed E-state index contributed by atoms with van der Waals surface area (Å²) in [4.78, 5) is 102. The number of amides is 1. The Morgan fingerprint density at radius 2 is 0.657 bits per heavy atom. The number of aromatic nitrogens is 24. The number of H-pyrrole nitrogens is 8. The predicted octanol–water partition coefficient (Wildman–Crippen LogP) is 13.4. The van der Waals surface area contributed by atoms with Gasteiger partial charge in [-0.25, -0.2) is 19.9 Å². The summed E-state index contributed by atoms with van der Waals surface area (Å²) >= 11 is 0. The molecule has 0 aliphatic carbocycles. The minimum Gasteiger partial charge on any atom is -0.397 e. The molecule has 137 heavy (non-hydrogen) atoms. The van der Waals surface area contributed by atoms with Crippen molar-refractivity contribution in [1.29, 1.82) is 0 Å². The maximum atomic E-state index is 11.8. The van der Waals surface area contributed by atoms with E-state index in [9.17, 15) is 4.79 Å². The first-order valence-corrected chi connectivity index (χ1v) is 46.3. The highest BCUT2D eigenvalue weighted by molar-refractivity contribution is 6.03. The molecule has 37 nitrogen and oxygen atoms in total. The quantitative estimate of drug-likeness (QED) is 0.0380. The van der Waals surface area contributed by atoms with Crippen molar-refractivity contribution < 1.29 is 4.79 Å². The molecule has 0 bridgehead atoms.